The van der Waals surface area contributed by atoms with Gasteiger partial charge in [-0.2, -0.15) is 0 Å². The van der Waals surface area contributed by atoms with Crippen LogP contribution in [0.4, 0.5) is 8.78 Å². The summed E-state index contributed by atoms with van der Waals surface area (Å²) in [6.45, 7) is 0. The van der Waals surface area contributed by atoms with E-state index >= 15 is 0 Å². The fourth-order valence-electron chi connectivity index (χ4n) is 2.22. The highest BCUT2D eigenvalue weighted by atomic mass is 19.1. The van der Waals surface area contributed by atoms with Gasteiger partial charge in [0.1, 0.15) is 11.6 Å². The van der Waals surface area contributed by atoms with Crippen LogP contribution in [0.3, 0.4) is 0 Å². The van der Waals surface area contributed by atoms with Gasteiger partial charge in [-0.3, -0.25) is 4.79 Å². The molecule has 0 saturated heterocycles. The molecule has 3 rings (SSSR count). The van der Waals surface area contributed by atoms with Crippen molar-refractivity contribution in [2.45, 2.75) is 6.42 Å². The minimum absolute atomic E-state index is 0.0746. The first kappa shape index (κ1) is 10.1. The van der Waals surface area contributed by atoms with Crippen LogP contribution >= 0.6 is 0 Å². The highest BCUT2D eigenvalue weighted by molar-refractivity contribution is 6.12. The molecule has 0 fully saturated rings. The molecule has 84 valence electrons. The van der Waals surface area contributed by atoms with E-state index in [1.807, 2.05) is 0 Å². The number of carbonyl (C=O) groups is 1. The monoisotopic (exact) mass is 230 g/mol. The van der Waals surface area contributed by atoms with Crippen molar-refractivity contribution < 1.29 is 13.6 Å². The Balaban J connectivity index is 2.25. The Bertz CT molecular complexity index is 632. The first-order valence-corrected chi connectivity index (χ1v) is 5.27. The number of halogens is 2. The predicted molar refractivity (Wildman–Crippen MR) is 59.0 cm³/mol. The quantitative estimate of drug-likeness (QED) is 0.580. The number of fused-ring (bicyclic) bond motifs is 2. The number of rotatable bonds is 0. The summed E-state index contributed by atoms with van der Waals surface area (Å²) in [5, 5.41) is 0. The van der Waals surface area contributed by atoms with Gasteiger partial charge in [-0.15, -0.1) is 0 Å². The van der Waals surface area contributed by atoms with Gasteiger partial charge in [-0.25, -0.2) is 8.78 Å². The third-order valence-corrected chi connectivity index (χ3v) is 3.02. The van der Waals surface area contributed by atoms with Crippen molar-refractivity contribution in [3.05, 3.63) is 70.3 Å². The molecule has 1 nitrogen and oxygen atoms in total. The predicted octanol–water partition coefficient (Wildman–Crippen LogP) is 3.10. The standard InChI is InChI=1S/C14H8F2O/c15-10-5-4-8-6-9-2-1-3-12(16)13(9)14(17)11(8)7-10/h1-5,7H,6H2. The van der Waals surface area contributed by atoms with Gasteiger partial charge in [0.2, 0.25) is 0 Å². The largest absolute Gasteiger partial charge is 0.288 e. The van der Waals surface area contributed by atoms with E-state index in [1.54, 1.807) is 18.2 Å². The molecule has 0 aliphatic heterocycles. The van der Waals surface area contributed by atoms with E-state index < -0.39 is 17.4 Å². The summed E-state index contributed by atoms with van der Waals surface area (Å²) in [6.07, 6.45) is 0.467. The molecule has 0 bridgehead atoms. The molecule has 0 amide bonds. The van der Waals surface area contributed by atoms with Crippen LogP contribution in [0.5, 0.6) is 0 Å². The summed E-state index contributed by atoms with van der Waals surface area (Å²) in [5.41, 5.74) is 1.75. The van der Waals surface area contributed by atoms with Gasteiger partial charge in [0.05, 0.1) is 5.56 Å². The first-order chi connectivity index (χ1) is 8.16. The van der Waals surface area contributed by atoms with E-state index in [-0.39, 0.29) is 11.1 Å². The zero-order chi connectivity index (χ0) is 12.0. The fraction of sp³-hybridized carbons (Fsp3) is 0.0714. The van der Waals surface area contributed by atoms with Gasteiger partial charge in [0.25, 0.3) is 0 Å². The maximum Gasteiger partial charge on any atom is 0.196 e. The van der Waals surface area contributed by atoms with E-state index in [2.05, 4.69) is 0 Å². The summed E-state index contributed by atoms with van der Waals surface area (Å²) >= 11 is 0. The Kier molecular flexibility index (Phi) is 2.08. The van der Waals surface area contributed by atoms with E-state index in [4.69, 9.17) is 0 Å². The van der Waals surface area contributed by atoms with Crippen LogP contribution < -0.4 is 0 Å². The second-order valence-electron chi connectivity index (χ2n) is 4.08. The van der Waals surface area contributed by atoms with Gasteiger partial charge in [-0.1, -0.05) is 18.2 Å². The molecular weight excluding hydrogens is 222 g/mol. The van der Waals surface area contributed by atoms with E-state index in [0.29, 0.717) is 12.0 Å². The third kappa shape index (κ3) is 1.46. The van der Waals surface area contributed by atoms with Crippen molar-refractivity contribution in [3.63, 3.8) is 0 Å². The number of benzene rings is 2. The molecule has 2 aromatic rings. The zero-order valence-corrected chi connectivity index (χ0v) is 8.84. The molecule has 1 aliphatic rings. The molecule has 0 heterocycles. The summed E-state index contributed by atoms with van der Waals surface area (Å²) in [6, 6.07) is 8.62. The van der Waals surface area contributed by atoms with Crippen molar-refractivity contribution in [3.8, 4) is 0 Å². The molecule has 0 spiro atoms. The van der Waals surface area contributed by atoms with Gasteiger partial charge < -0.3 is 0 Å². The van der Waals surface area contributed by atoms with Crippen LogP contribution in [0.15, 0.2) is 36.4 Å². The maximum atomic E-state index is 13.6. The molecule has 0 aromatic heterocycles. The molecule has 0 radical (unpaired) electrons. The Morgan fingerprint density at radius 1 is 1.00 bits per heavy atom. The summed E-state index contributed by atoms with van der Waals surface area (Å²) in [7, 11) is 0. The molecule has 17 heavy (non-hydrogen) atoms. The summed E-state index contributed by atoms with van der Waals surface area (Å²) in [4.78, 5) is 12.1. The van der Waals surface area contributed by atoms with Crippen LogP contribution in [-0.4, -0.2) is 5.78 Å². The molecule has 0 atom stereocenters. The third-order valence-electron chi connectivity index (χ3n) is 3.02. The topological polar surface area (TPSA) is 17.1 Å². The molecule has 0 N–H and O–H groups in total. The lowest BCUT2D eigenvalue weighted by Crippen LogP contribution is -2.17. The van der Waals surface area contributed by atoms with Crippen LogP contribution in [0.25, 0.3) is 0 Å². The van der Waals surface area contributed by atoms with Gasteiger partial charge >= 0.3 is 0 Å². The van der Waals surface area contributed by atoms with Crippen molar-refractivity contribution in [1.29, 1.82) is 0 Å². The number of carbonyl (C=O) groups excluding carboxylic acids is 1. The second-order valence-corrected chi connectivity index (χ2v) is 4.08. The van der Waals surface area contributed by atoms with Crippen LogP contribution in [0, 0.1) is 11.6 Å². The van der Waals surface area contributed by atoms with Crippen molar-refractivity contribution in [2.24, 2.45) is 0 Å². The molecule has 0 unspecified atom stereocenters. The van der Waals surface area contributed by atoms with E-state index in [9.17, 15) is 13.6 Å². The van der Waals surface area contributed by atoms with Gasteiger partial charge in [-0.05, 0) is 35.7 Å². The van der Waals surface area contributed by atoms with Crippen LogP contribution in [0.1, 0.15) is 27.0 Å². The zero-order valence-electron chi connectivity index (χ0n) is 8.84. The average Bonchev–Trinajstić information content (AvgIpc) is 2.30. The maximum absolute atomic E-state index is 13.6. The normalized spacial score (nSPS) is 13.2. The molecule has 1 aliphatic carbocycles. The molecule has 2 aromatic carbocycles. The minimum atomic E-state index is -0.539. The summed E-state index contributed by atoms with van der Waals surface area (Å²) in [5.74, 6) is -1.45. The van der Waals surface area contributed by atoms with Crippen molar-refractivity contribution in [2.75, 3.05) is 0 Å². The Labute approximate surface area is 96.7 Å². The Morgan fingerprint density at radius 3 is 2.65 bits per heavy atom. The lowest BCUT2D eigenvalue weighted by Gasteiger charge is -2.18. The SMILES string of the molecule is O=C1c2cc(F)ccc2Cc2cccc(F)c21. The smallest absolute Gasteiger partial charge is 0.196 e. The first-order valence-electron chi connectivity index (χ1n) is 5.27. The lowest BCUT2D eigenvalue weighted by molar-refractivity contribution is 0.103. The van der Waals surface area contributed by atoms with Gasteiger partial charge in [0, 0.05) is 5.56 Å². The van der Waals surface area contributed by atoms with Gasteiger partial charge in [0.15, 0.2) is 5.78 Å². The van der Waals surface area contributed by atoms with E-state index in [0.717, 1.165) is 5.56 Å². The second kappa shape index (κ2) is 3.48. The number of ketones is 1. The molecular formula is C14H8F2O. The minimum Gasteiger partial charge on any atom is -0.288 e. The number of hydrogen-bond donors (Lipinski definition) is 0. The number of hydrogen-bond acceptors (Lipinski definition) is 1. The van der Waals surface area contributed by atoms with Crippen LogP contribution in [0.2, 0.25) is 0 Å². The van der Waals surface area contributed by atoms with Crippen LogP contribution in [-0.2, 0) is 6.42 Å². The highest BCUT2D eigenvalue weighted by Crippen LogP contribution is 2.29. The lowest BCUT2D eigenvalue weighted by atomic mass is 9.85. The summed E-state index contributed by atoms with van der Waals surface area (Å²) < 4.78 is 26.7. The molecule has 3 heteroatoms. The highest BCUT2D eigenvalue weighted by Gasteiger charge is 2.26. The Hall–Kier alpha value is -2.03. The Morgan fingerprint density at radius 2 is 1.82 bits per heavy atom. The molecule has 0 saturated carbocycles. The average molecular weight is 230 g/mol. The fourth-order valence-corrected chi connectivity index (χ4v) is 2.22. The van der Waals surface area contributed by atoms with Crippen molar-refractivity contribution >= 4 is 5.78 Å². The van der Waals surface area contributed by atoms with Crippen molar-refractivity contribution in [1.82, 2.24) is 0 Å². The van der Waals surface area contributed by atoms with E-state index in [1.165, 1.54) is 18.2 Å².